The number of nitrogens with one attached hydrogen (secondary N) is 1. The largest absolute Gasteiger partial charge is 0.490 e. The van der Waals surface area contributed by atoms with Crippen LogP contribution in [0.1, 0.15) is 33.1 Å². The van der Waals surface area contributed by atoms with Crippen molar-refractivity contribution in [1.82, 2.24) is 15.1 Å². The average Bonchev–Trinajstić information content (AvgIpc) is 3.44. The number of carbonyl (C=O) groups excluding carboxylic acids is 2. The van der Waals surface area contributed by atoms with Crippen molar-refractivity contribution in [2.24, 2.45) is 17.8 Å². The van der Waals surface area contributed by atoms with Crippen molar-refractivity contribution in [3.8, 4) is 0 Å². The second-order valence-electron chi connectivity index (χ2n) is 8.64. The van der Waals surface area contributed by atoms with Gasteiger partial charge in [0.25, 0.3) is 0 Å². The second-order valence-corrected chi connectivity index (χ2v) is 8.64. The summed E-state index contributed by atoms with van der Waals surface area (Å²) in [5.74, 6) is -2.87. The summed E-state index contributed by atoms with van der Waals surface area (Å²) in [4.78, 5) is 37.7. The summed E-state index contributed by atoms with van der Waals surface area (Å²) in [6, 6.07) is 0.770. The minimum absolute atomic E-state index is 0.0721. The number of likely N-dealkylation sites (tertiary alicyclic amines) is 2. The third kappa shape index (κ3) is 6.83. The van der Waals surface area contributed by atoms with Crippen molar-refractivity contribution in [3.05, 3.63) is 0 Å². The molecule has 2 heterocycles. The monoisotopic (exact) mass is 437 g/mol. The summed E-state index contributed by atoms with van der Waals surface area (Å²) in [7, 11) is 0. The fraction of sp³-hybridized carbons (Fsp3) is 0.842. The van der Waals surface area contributed by atoms with Crippen LogP contribution in [-0.4, -0.2) is 88.8 Å². The Morgan fingerprint density at radius 3 is 2.17 bits per heavy atom. The summed E-state index contributed by atoms with van der Waals surface area (Å²) >= 11 is 0. The summed E-state index contributed by atoms with van der Waals surface area (Å²) in [5.41, 5.74) is 0. The Balaban J connectivity index is 0.000000396. The van der Waals surface area contributed by atoms with Crippen molar-refractivity contribution in [2.75, 3.05) is 32.8 Å². The van der Waals surface area contributed by atoms with E-state index in [4.69, 9.17) is 9.90 Å². The van der Waals surface area contributed by atoms with Crippen LogP contribution in [0.25, 0.3) is 0 Å². The zero-order chi connectivity index (χ0) is 22.6. The average molecular weight is 437 g/mol. The van der Waals surface area contributed by atoms with E-state index < -0.39 is 24.0 Å². The number of aliphatic hydroxyl groups is 1. The number of amides is 2. The molecule has 2 aliphatic heterocycles. The molecule has 1 aliphatic carbocycles. The van der Waals surface area contributed by atoms with Crippen LogP contribution in [0.4, 0.5) is 13.2 Å². The quantitative estimate of drug-likeness (QED) is 0.561. The molecule has 4 unspecified atom stereocenters. The van der Waals surface area contributed by atoms with Gasteiger partial charge in [-0.15, -0.1) is 0 Å². The molecule has 2 saturated heterocycles. The highest BCUT2D eigenvalue weighted by atomic mass is 19.4. The van der Waals surface area contributed by atoms with Gasteiger partial charge in [-0.2, -0.15) is 13.2 Å². The lowest BCUT2D eigenvalue weighted by molar-refractivity contribution is -0.192. The van der Waals surface area contributed by atoms with Gasteiger partial charge in [0.15, 0.2) is 0 Å². The maximum Gasteiger partial charge on any atom is 0.490 e. The Hall–Kier alpha value is -1.88. The molecule has 8 nitrogen and oxygen atoms in total. The molecule has 0 radical (unpaired) electrons. The van der Waals surface area contributed by atoms with Gasteiger partial charge in [-0.1, -0.05) is 13.8 Å². The number of aliphatic hydroxyl groups excluding tert-OH is 1. The second kappa shape index (κ2) is 9.95. The molecule has 0 aromatic rings. The molecular weight excluding hydrogens is 407 g/mol. The van der Waals surface area contributed by atoms with Crippen LogP contribution in [-0.2, 0) is 14.4 Å². The van der Waals surface area contributed by atoms with Crippen LogP contribution in [0.2, 0.25) is 0 Å². The topological polar surface area (TPSA) is 110 Å². The maximum absolute atomic E-state index is 12.4. The van der Waals surface area contributed by atoms with E-state index in [9.17, 15) is 27.9 Å². The van der Waals surface area contributed by atoms with E-state index >= 15 is 0 Å². The van der Waals surface area contributed by atoms with Crippen molar-refractivity contribution in [3.63, 3.8) is 0 Å². The molecule has 3 aliphatic rings. The van der Waals surface area contributed by atoms with Crippen LogP contribution in [0.5, 0.6) is 0 Å². The minimum atomic E-state index is -5.08. The number of nitrogens with zero attached hydrogens (tertiary/aromatic N) is 2. The molecule has 3 fully saturated rings. The van der Waals surface area contributed by atoms with Gasteiger partial charge in [0, 0.05) is 44.9 Å². The molecule has 30 heavy (non-hydrogen) atoms. The Bertz CT molecular complexity index is 641. The number of alkyl halides is 3. The molecule has 3 rings (SSSR count). The van der Waals surface area contributed by atoms with E-state index in [0.29, 0.717) is 31.0 Å². The van der Waals surface area contributed by atoms with Crippen LogP contribution in [0, 0.1) is 17.8 Å². The number of aliphatic carboxylic acids is 1. The Labute approximate surface area is 173 Å². The first-order valence-electron chi connectivity index (χ1n) is 10.2. The third-order valence-electron chi connectivity index (χ3n) is 5.75. The van der Waals surface area contributed by atoms with E-state index in [-0.39, 0.29) is 18.6 Å². The smallest absolute Gasteiger partial charge is 0.475 e. The maximum atomic E-state index is 12.4. The molecule has 0 aromatic carbocycles. The van der Waals surface area contributed by atoms with Crippen LogP contribution in [0.15, 0.2) is 0 Å². The number of piperidine rings is 1. The van der Waals surface area contributed by atoms with E-state index in [1.54, 1.807) is 4.90 Å². The van der Waals surface area contributed by atoms with E-state index in [1.807, 2.05) is 0 Å². The van der Waals surface area contributed by atoms with Gasteiger partial charge >= 0.3 is 24.0 Å². The van der Waals surface area contributed by atoms with Crippen molar-refractivity contribution in [2.45, 2.75) is 51.4 Å². The van der Waals surface area contributed by atoms with Gasteiger partial charge in [0.05, 0.1) is 0 Å². The zero-order valence-electron chi connectivity index (χ0n) is 17.2. The summed E-state index contributed by atoms with van der Waals surface area (Å²) in [6.45, 7) is 7.25. The van der Waals surface area contributed by atoms with Crippen molar-refractivity contribution in [1.29, 1.82) is 0 Å². The molecule has 0 aromatic heterocycles. The summed E-state index contributed by atoms with van der Waals surface area (Å²) in [6.07, 6.45) is -1.64. The SMILES string of the molecule is CC1CC(CO)CN(C(=O)C(=O)NC2CN(C3CC3)CC2C)C1.O=C(O)C(F)(F)F. The van der Waals surface area contributed by atoms with Crippen LogP contribution in [0.3, 0.4) is 0 Å². The third-order valence-corrected chi connectivity index (χ3v) is 5.75. The number of carboxylic acids is 1. The molecule has 11 heteroatoms. The van der Waals surface area contributed by atoms with Crippen LogP contribution >= 0.6 is 0 Å². The van der Waals surface area contributed by atoms with Gasteiger partial charge in [-0.05, 0) is 37.0 Å². The molecular formula is C19H30F3N3O5. The summed E-state index contributed by atoms with van der Waals surface area (Å²) < 4.78 is 31.7. The highest BCUT2D eigenvalue weighted by molar-refractivity contribution is 6.35. The molecule has 172 valence electrons. The van der Waals surface area contributed by atoms with Gasteiger partial charge < -0.3 is 20.4 Å². The van der Waals surface area contributed by atoms with E-state index in [1.165, 1.54) is 12.8 Å². The fourth-order valence-electron chi connectivity index (χ4n) is 4.08. The molecule has 3 N–H and O–H groups in total. The molecule has 0 bridgehead atoms. The van der Waals surface area contributed by atoms with Gasteiger partial charge in [0.1, 0.15) is 0 Å². The predicted octanol–water partition coefficient (Wildman–Crippen LogP) is 0.696. The molecule has 0 spiro atoms. The number of carboxylic acid groups (broad SMARTS) is 1. The Kier molecular flexibility index (Phi) is 8.09. The zero-order valence-corrected chi connectivity index (χ0v) is 17.2. The minimum Gasteiger partial charge on any atom is -0.475 e. The number of hydrogen-bond acceptors (Lipinski definition) is 5. The predicted molar refractivity (Wildman–Crippen MR) is 100 cm³/mol. The van der Waals surface area contributed by atoms with Gasteiger partial charge in [-0.3, -0.25) is 14.5 Å². The number of hydrogen-bond donors (Lipinski definition) is 3. The first-order chi connectivity index (χ1) is 13.9. The fourth-order valence-corrected chi connectivity index (χ4v) is 4.08. The molecule has 4 atom stereocenters. The standard InChI is InChI=1S/C17H29N3O3.C2HF3O2/c1-11-5-13(10-21)8-20(6-11)17(23)16(22)18-15-9-19(7-12(15)2)14-3-4-14;3-2(4,5)1(6)7/h11-15,21H,3-10H2,1-2H3,(H,18,22);(H,6,7). The van der Waals surface area contributed by atoms with E-state index in [2.05, 4.69) is 24.1 Å². The van der Waals surface area contributed by atoms with Crippen molar-refractivity contribution < 1.29 is 37.8 Å². The van der Waals surface area contributed by atoms with Gasteiger partial charge in [0.2, 0.25) is 0 Å². The lowest BCUT2D eigenvalue weighted by Gasteiger charge is -2.35. The number of rotatable bonds is 3. The Morgan fingerprint density at radius 1 is 1.07 bits per heavy atom. The van der Waals surface area contributed by atoms with Crippen molar-refractivity contribution >= 4 is 17.8 Å². The Morgan fingerprint density at radius 2 is 1.67 bits per heavy atom. The number of halogens is 3. The van der Waals surface area contributed by atoms with Gasteiger partial charge in [-0.25, -0.2) is 4.79 Å². The summed E-state index contributed by atoms with van der Waals surface area (Å²) in [5, 5.41) is 19.4. The first kappa shape index (κ1) is 24.4. The lowest BCUT2D eigenvalue weighted by atomic mass is 9.91. The first-order valence-corrected chi connectivity index (χ1v) is 10.2. The highest BCUT2D eigenvalue weighted by Gasteiger charge is 2.40. The number of carbonyl (C=O) groups is 3. The lowest BCUT2D eigenvalue weighted by Crippen LogP contribution is -2.52. The highest BCUT2D eigenvalue weighted by Crippen LogP contribution is 2.31. The van der Waals surface area contributed by atoms with Crippen LogP contribution < -0.4 is 5.32 Å². The van der Waals surface area contributed by atoms with E-state index in [0.717, 1.165) is 19.5 Å². The molecule has 2 amide bonds. The normalized spacial score (nSPS) is 29.7. The molecule has 1 saturated carbocycles.